The lowest BCUT2D eigenvalue weighted by atomic mass is 9.74. The number of unbranched alkanes of at least 4 members (excludes halogenated alkanes) is 2. The number of carboxylic acids is 1. The van der Waals surface area contributed by atoms with Crippen LogP contribution in [0.2, 0.25) is 0 Å². The van der Waals surface area contributed by atoms with Gasteiger partial charge in [0.1, 0.15) is 6.61 Å². The fourth-order valence-corrected chi connectivity index (χ4v) is 5.02. The van der Waals surface area contributed by atoms with E-state index in [1.807, 2.05) is 24.3 Å². The first-order valence-corrected chi connectivity index (χ1v) is 12.1. The number of ether oxygens (including phenoxy) is 1. The maximum Gasteiger partial charge on any atom is 0.407 e. The van der Waals surface area contributed by atoms with Crippen molar-refractivity contribution in [2.24, 2.45) is 0 Å². The van der Waals surface area contributed by atoms with Gasteiger partial charge in [-0.2, -0.15) is 0 Å². The van der Waals surface area contributed by atoms with Gasteiger partial charge >= 0.3 is 12.1 Å². The minimum Gasteiger partial charge on any atom is -0.481 e. The van der Waals surface area contributed by atoms with Crippen LogP contribution in [0, 0.1) is 0 Å². The lowest BCUT2D eigenvalue weighted by Gasteiger charge is -2.41. The van der Waals surface area contributed by atoms with Crippen LogP contribution >= 0.6 is 0 Å². The summed E-state index contributed by atoms with van der Waals surface area (Å²) in [5.74, 6) is -0.929. The number of alkyl carbamates (subject to hydrolysis) is 1. The van der Waals surface area contributed by atoms with Crippen molar-refractivity contribution in [1.29, 1.82) is 0 Å². The quantitative estimate of drug-likeness (QED) is 0.422. The van der Waals surface area contributed by atoms with Crippen LogP contribution in [-0.2, 0) is 14.3 Å². The van der Waals surface area contributed by atoms with E-state index in [4.69, 9.17) is 9.84 Å². The molecule has 7 nitrogen and oxygen atoms in total. The Hall–Kier alpha value is -3.35. The first-order chi connectivity index (χ1) is 16.5. The average Bonchev–Trinajstić information content (AvgIpc) is 3.12. The molecule has 2 amide bonds. The van der Waals surface area contributed by atoms with Crippen LogP contribution in [0.4, 0.5) is 4.79 Å². The smallest absolute Gasteiger partial charge is 0.407 e. The molecule has 34 heavy (non-hydrogen) atoms. The average molecular weight is 465 g/mol. The number of hydrogen-bond donors (Lipinski definition) is 3. The van der Waals surface area contributed by atoms with E-state index in [2.05, 4.69) is 34.9 Å². The van der Waals surface area contributed by atoms with Gasteiger partial charge in [-0.1, -0.05) is 55.0 Å². The van der Waals surface area contributed by atoms with Crippen molar-refractivity contribution in [3.05, 3.63) is 59.7 Å². The molecular formula is C27H32N2O5. The first kappa shape index (κ1) is 23.8. The van der Waals surface area contributed by atoms with Crippen LogP contribution in [0.1, 0.15) is 68.4 Å². The second-order valence-corrected chi connectivity index (χ2v) is 9.32. The monoisotopic (exact) mass is 464 g/mol. The predicted octanol–water partition coefficient (Wildman–Crippen LogP) is 4.60. The molecule has 0 heterocycles. The van der Waals surface area contributed by atoms with E-state index in [1.165, 1.54) is 22.3 Å². The third-order valence-electron chi connectivity index (χ3n) is 6.90. The molecule has 0 spiro atoms. The molecule has 4 rings (SSSR count). The third kappa shape index (κ3) is 5.58. The van der Waals surface area contributed by atoms with Crippen molar-refractivity contribution < 1.29 is 24.2 Å². The molecule has 0 aromatic heterocycles. The molecule has 0 radical (unpaired) electrons. The molecule has 0 unspecified atom stereocenters. The zero-order chi connectivity index (χ0) is 24.0. The molecule has 0 bridgehead atoms. The number of amides is 2. The molecular weight excluding hydrogens is 432 g/mol. The molecule has 1 saturated carbocycles. The highest BCUT2D eigenvalue weighted by Gasteiger charge is 2.40. The fraction of sp³-hybridized carbons (Fsp3) is 0.444. The van der Waals surface area contributed by atoms with Gasteiger partial charge in [-0.3, -0.25) is 9.59 Å². The topological polar surface area (TPSA) is 105 Å². The summed E-state index contributed by atoms with van der Waals surface area (Å²) < 4.78 is 5.53. The number of benzene rings is 2. The Morgan fingerprint density at radius 3 is 2.18 bits per heavy atom. The maximum absolute atomic E-state index is 12.2. The van der Waals surface area contributed by atoms with Crippen molar-refractivity contribution in [2.75, 3.05) is 13.2 Å². The number of aliphatic carboxylic acids is 1. The predicted molar refractivity (Wildman–Crippen MR) is 129 cm³/mol. The van der Waals surface area contributed by atoms with Crippen molar-refractivity contribution in [2.45, 2.75) is 62.8 Å². The van der Waals surface area contributed by atoms with E-state index < -0.39 is 17.6 Å². The summed E-state index contributed by atoms with van der Waals surface area (Å²) in [6.45, 7) is 0.777. The Bertz CT molecular complexity index is 1000. The lowest BCUT2D eigenvalue weighted by Crippen LogP contribution is -2.54. The number of carbonyl (C=O) groups excluding carboxylic acids is 2. The Morgan fingerprint density at radius 2 is 1.59 bits per heavy atom. The Morgan fingerprint density at radius 1 is 0.941 bits per heavy atom. The van der Waals surface area contributed by atoms with Gasteiger partial charge in [0, 0.05) is 18.9 Å². The van der Waals surface area contributed by atoms with Gasteiger partial charge < -0.3 is 20.5 Å². The summed E-state index contributed by atoms with van der Waals surface area (Å²) in [4.78, 5) is 35.4. The number of rotatable bonds is 11. The SMILES string of the molecule is O=C(O)CC1(NC(=O)CCCCCNC(=O)OCC2c3ccccc3-c3ccccc32)CCC1. The summed E-state index contributed by atoms with van der Waals surface area (Å²) in [7, 11) is 0. The molecule has 7 heteroatoms. The summed E-state index contributed by atoms with van der Waals surface area (Å²) >= 11 is 0. The zero-order valence-electron chi connectivity index (χ0n) is 19.3. The fourth-order valence-electron chi connectivity index (χ4n) is 5.02. The molecule has 2 aromatic rings. The van der Waals surface area contributed by atoms with Crippen LogP contribution in [0.3, 0.4) is 0 Å². The first-order valence-electron chi connectivity index (χ1n) is 12.1. The number of carboxylic acid groups (broad SMARTS) is 1. The van der Waals surface area contributed by atoms with E-state index in [9.17, 15) is 14.4 Å². The highest BCUT2D eigenvalue weighted by molar-refractivity contribution is 5.79. The highest BCUT2D eigenvalue weighted by atomic mass is 16.5. The second-order valence-electron chi connectivity index (χ2n) is 9.32. The minimum absolute atomic E-state index is 0.0111. The number of nitrogens with one attached hydrogen (secondary N) is 2. The molecule has 0 atom stereocenters. The normalized spacial score (nSPS) is 15.5. The molecule has 0 aliphatic heterocycles. The Labute approximate surface area is 199 Å². The Kier molecular flexibility index (Phi) is 7.50. The van der Waals surface area contributed by atoms with E-state index >= 15 is 0 Å². The second kappa shape index (κ2) is 10.7. The summed E-state index contributed by atoms with van der Waals surface area (Å²) in [5, 5.41) is 14.7. The van der Waals surface area contributed by atoms with E-state index in [0.717, 1.165) is 32.1 Å². The van der Waals surface area contributed by atoms with Crippen LogP contribution in [0.5, 0.6) is 0 Å². The van der Waals surface area contributed by atoms with E-state index in [0.29, 0.717) is 19.4 Å². The van der Waals surface area contributed by atoms with Gasteiger partial charge in [-0.25, -0.2) is 4.79 Å². The molecule has 3 N–H and O–H groups in total. The van der Waals surface area contributed by atoms with Crippen LogP contribution < -0.4 is 10.6 Å². The number of carbonyl (C=O) groups is 3. The third-order valence-corrected chi connectivity index (χ3v) is 6.90. The molecule has 2 aliphatic carbocycles. The standard InChI is InChI=1S/C27H32N2O5/c30-24(29-27(14-8-15-27)17-25(31)32)13-2-1-7-16-28-26(33)34-18-23-21-11-5-3-9-19(21)20-10-4-6-12-22(20)23/h3-6,9-12,23H,1-2,7-8,13-18H2,(H,28,33)(H,29,30)(H,31,32). The van der Waals surface area contributed by atoms with E-state index in [-0.39, 0.29) is 24.9 Å². The highest BCUT2D eigenvalue weighted by Crippen LogP contribution is 2.44. The molecule has 1 fully saturated rings. The molecule has 180 valence electrons. The van der Waals surface area contributed by atoms with Gasteiger partial charge in [-0.15, -0.1) is 0 Å². The molecule has 2 aliphatic rings. The van der Waals surface area contributed by atoms with Crippen molar-refractivity contribution in [3.8, 4) is 11.1 Å². The van der Waals surface area contributed by atoms with E-state index in [1.54, 1.807) is 0 Å². The maximum atomic E-state index is 12.2. The van der Waals surface area contributed by atoms with Crippen LogP contribution in [0.25, 0.3) is 11.1 Å². The lowest BCUT2D eigenvalue weighted by molar-refractivity contribution is -0.140. The van der Waals surface area contributed by atoms with Crippen molar-refractivity contribution in [3.63, 3.8) is 0 Å². The summed E-state index contributed by atoms with van der Waals surface area (Å²) in [5.41, 5.74) is 4.21. The van der Waals surface area contributed by atoms with Gasteiger partial charge in [0.15, 0.2) is 0 Å². The van der Waals surface area contributed by atoms with Gasteiger partial charge in [-0.05, 0) is 54.4 Å². The zero-order valence-corrected chi connectivity index (χ0v) is 19.3. The largest absolute Gasteiger partial charge is 0.481 e. The van der Waals surface area contributed by atoms with Gasteiger partial charge in [0.2, 0.25) is 5.91 Å². The Balaban J connectivity index is 1.12. The van der Waals surface area contributed by atoms with Gasteiger partial charge in [0.05, 0.1) is 12.0 Å². The van der Waals surface area contributed by atoms with Crippen LogP contribution in [0.15, 0.2) is 48.5 Å². The van der Waals surface area contributed by atoms with Crippen molar-refractivity contribution in [1.82, 2.24) is 10.6 Å². The summed E-state index contributed by atoms with van der Waals surface area (Å²) in [6.07, 6.45) is 4.58. The minimum atomic E-state index is -0.876. The summed E-state index contributed by atoms with van der Waals surface area (Å²) in [6, 6.07) is 16.5. The number of fused-ring (bicyclic) bond motifs is 3. The van der Waals surface area contributed by atoms with Crippen LogP contribution in [-0.4, -0.2) is 41.8 Å². The van der Waals surface area contributed by atoms with Gasteiger partial charge in [0.25, 0.3) is 0 Å². The molecule has 2 aromatic carbocycles. The molecule has 0 saturated heterocycles. The number of hydrogen-bond acceptors (Lipinski definition) is 4. The van der Waals surface area contributed by atoms with Crippen molar-refractivity contribution >= 4 is 18.0 Å².